The van der Waals surface area contributed by atoms with Gasteiger partial charge in [-0.2, -0.15) is 13.2 Å². The van der Waals surface area contributed by atoms with E-state index in [1.165, 1.54) is 12.1 Å². The molecule has 11 heteroatoms. The van der Waals surface area contributed by atoms with Crippen LogP contribution in [0.15, 0.2) is 103 Å². The first-order valence-electron chi connectivity index (χ1n) is 16.2. The monoisotopic (exact) mass is 661 g/mol. The van der Waals surface area contributed by atoms with Crippen molar-refractivity contribution in [1.82, 2.24) is 15.2 Å². The summed E-state index contributed by atoms with van der Waals surface area (Å²) in [5.41, 5.74) is 1.29. The molecule has 3 aromatic carbocycles. The van der Waals surface area contributed by atoms with Gasteiger partial charge >= 0.3 is 6.18 Å². The van der Waals surface area contributed by atoms with Crippen LogP contribution in [0.5, 0.6) is 11.5 Å². The van der Waals surface area contributed by atoms with Crippen LogP contribution in [0.3, 0.4) is 0 Å². The number of aromatic nitrogens is 1. The lowest BCUT2D eigenvalue weighted by molar-refractivity contribution is -0.137. The fourth-order valence-corrected chi connectivity index (χ4v) is 5.76. The van der Waals surface area contributed by atoms with Crippen molar-refractivity contribution >= 4 is 17.4 Å². The summed E-state index contributed by atoms with van der Waals surface area (Å²) in [4.78, 5) is 24.4. The number of hydrogen-bond donors (Lipinski definition) is 1. The van der Waals surface area contributed by atoms with Crippen LogP contribution in [0.25, 0.3) is 0 Å². The molecule has 1 atom stereocenters. The zero-order valence-electron chi connectivity index (χ0n) is 27.1. The van der Waals surface area contributed by atoms with Gasteiger partial charge < -0.3 is 19.7 Å². The van der Waals surface area contributed by atoms with Gasteiger partial charge in [0, 0.05) is 64.9 Å². The van der Waals surface area contributed by atoms with Crippen molar-refractivity contribution in [2.24, 2.45) is 0 Å². The summed E-state index contributed by atoms with van der Waals surface area (Å²) >= 11 is 0. The third-order valence-corrected chi connectivity index (χ3v) is 8.40. The number of benzene rings is 3. The lowest BCUT2D eigenvalue weighted by Crippen LogP contribution is -2.49. The van der Waals surface area contributed by atoms with Gasteiger partial charge in [-0.25, -0.2) is 4.98 Å². The highest BCUT2D eigenvalue weighted by Gasteiger charge is 2.30. The van der Waals surface area contributed by atoms with E-state index in [1.807, 2.05) is 66.7 Å². The SMILES string of the molecule is COc1ccccc1N1CCN(CCN(C(=O)CCNCCC(Oc2ccc(C(F)(F)F)cc2)c2ccccc2)c2ccccn2)CC1. The second kappa shape index (κ2) is 17.0. The average Bonchev–Trinajstić information content (AvgIpc) is 3.12. The van der Waals surface area contributed by atoms with Crippen LogP contribution in [0.1, 0.15) is 30.1 Å². The second-order valence-corrected chi connectivity index (χ2v) is 11.6. The van der Waals surface area contributed by atoms with Crippen molar-refractivity contribution in [1.29, 1.82) is 0 Å². The molecule has 48 heavy (non-hydrogen) atoms. The van der Waals surface area contributed by atoms with Crippen LogP contribution in [-0.2, 0) is 11.0 Å². The van der Waals surface area contributed by atoms with Crippen molar-refractivity contribution < 1.29 is 27.4 Å². The molecular weight excluding hydrogens is 619 g/mol. The zero-order valence-corrected chi connectivity index (χ0v) is 27.1. The number of para-hydroxylation sites is 2. The maximum Gasteiger partial charge on any atom is 0.416 e. The molecule has 0 spiro atoms. The minimum absolute atomic E-state index is 0.0190. The van der Waals surface area contributed by atoms with Crippen molar-refractivity contribution in [3.05, 3.63) is 114 Å². The third kappa shape index (κ3) is 9.71. The molecule has 4 aromatic rings. The first-order chi connectivity index (χ1) is 23.3. The van der Waals surface area contributed by atoms with Crippen LogP contribution in [0, 0.1) is 0 Å². The summed E-state index contributed by atoms with van der Waals surface area (Å²) in [6.07, 6.45) is -2.24. The molecular formula is C37H42F3N5O3. The van der Waals surface area contributed by atoms with Crippen molar-refractivity contribution in [3.8, 4) is 11.5 Å². The number of nitrogens with one attached hydrogen (secondary N) is 1. The lowest BCUT2D eigenvalue weighted by Gasteiger charge is -2.37. The van der Waals surface area contributed by atoms with Gasteiger partial charge in [0.2, 0.25) is 5.91 Å². The van der Waals surface area contributed by atoms with E-state index in [1.54, 1.807) is 18.2 Å². The molecule has 0 saturated carbocycles. The first-order valence-corrected chi connectivity index (χ1v) is 16.2. The van der Waals surface area contributed by atoms with Crippen molar-refractivity contribution in [2.45, 2.75) is 25.1 Å². The molecule has 1 aliphatic rings. The summed E-state index contributed by atoms with van der Waals surface area (Å²) in [6, 6.07) is 27.9. The van der Waals surface area contributed by atoms with E-state index in [0.717, 1.165) is 61.9 Å². The summed E-state index contributed by atoms with van der Waals surface area (Å²) in [7, 11) is 1.69. The van der Waals surface area contributed by atoms with Crippen molar-refractivity contribution in [3.63, 3.8) is 0 Å². The number of methoxy groups -OCH3 is 1. The van der Waals surface area contributed by atoms with Gasteiger partial charge in [0.25, 0.3) is 0 Å². The number of pyridine rings is 1. The number of rotatable bonds is 15. The Balaban J connectivity index is 1.11. The Bertz CT molecular complexity index is 1550. The normalized spacial score (nSPS) is 14.4. The number of nitrogens with zero attached hydrogens (tertiary/aromatic N) is 4. The van der Waals surface area contributed by atoms with E-state index in [0.29, 0.717) is 37.6 Å². The Hall–Kier alpha value is -4.61. The fraction of sp³-hybridized carbons (Fsp3) is 0.351. The van der Waals surface area contributed by atoms with E-state index in [-0.39, 0.29) is 18.4 Å². The molecule has 5 rings (SSSR count). The minimum atomic E-state index is -4.40. The highest BCUT2D eigenvalue weighted by molar-refractivity contribution is 5.92. The van der Waals surface area contributed by atoms with E-state index in [2.05, 4.69) is 26.2 Å². The Labute approximate surface area is 280 Å². The lowest BCUT2D eigenvalue weighted by atomic mass is 10.1. The zero-order chi connectivity index (χ0) is 33.8. The summed E-state index contributed by atoms with van der Waals surface area (Å²) in [6.45, 7) is 5.76. The molecule has 1 aromatic heterocycles. The van der Waals surface area contributed by atoms with Crippen LogP contribution >= 0.6 is 0 Å². The summed E-state index contributed by atoms with van der Waals surface area (Å²) in [5.74, 6) is 1.84. The smallest absolute Gasteiger partial charge is 0.416 e. The molecule has 1 unspecified atom stereocenters. The van der Waals surface area contributed by atoms with Crippen LogP contribution in [0.2, 0.25) is 0 Å². The molecule has 1 aliphatic heterocycles. The molecule has 8 nitrogen and oxygen atoms in total. The van der Waals surface area contributed by atoms with Crippen molar-refractivity contribution in [2.75, 3.05) is 69.3 Å². The topological polar surface area (TPSA) is 70.2 Å². The number of hydrogen-bond acceptors (Lipinski definition) is 7. The number of anilines is 2. The number of ether oxygens (including phenoxy) is 2. The van der Waals surface area contributed by atoms with Gasteiger partial charge in [0.15, 0.2) is 0 Å². The standard InChI is InChI=1S/C37H42F3N5O3/c1-47-34-12-6-5-11-32(34)44-26-23-43(24-27-44)25-28-45(35-13-7-8-20-42-35)36(46)19-22-41-21-18-33(29-9-3-2-4-10-29)48-31-16-14-30(15-17-31)37(38,39)40/h2-17,20,33,41H,18-19,21-28H2,1H3. The van der Waals surface area contributed by atoms with Gasteiger partial charge in [-0.1, -0.05) is 48.5 Å². The van der Waals surface area contributed by atoms with E-state index >= 15 is 0 Å². The number of carbonyl (C=O) groups excluding carboxylic acids is 1. The molecule has 1 fully saturated rings. The molecule has 1 amide bonds. The molecule has 0 aliphatic carbocycles. The molecule has 1 saturated heterocycles. The quantitative estimate of drug-likeness (QED) is 0.147. The van der Waals surface area contributed by atoms with E-state index < -0.39 is 11.7 Å². The Morgan fingerprint density at radius 2 is 1.60 bits per heavy atom. The summed E-state index contributed by atoms with van der Waals surface area (Å²) in [5, 5.41) is 3.35. The molecule has 2 heterocycles. The number of halogens is 3. The Morgan fingerprint density at radius 1 is 0.896 bits per heavy atom. The first kappa shape index (κ1) is 34.7. The third-order valence-electron chi connectivity index (χ3n) is 8.40. The van der Waals surface area contributed by atoms with Gasteiger partial charge in [-0.15, -0.1) is 0 Å². The Morgan fingerprint density at radius 3 is 2.29 bits per heavy atom. The predicted octanol–water partition coefficient (Wildman–Crippen LogP) is 6.45. The molecule has 0 radical (unpaired) electrons. The van der Waals surface area contributed by atoms with Gasteiger partial charge in [-0.3, -0.25) is 14.6 Å². The van der Waals surface area contributed by atoms with Gasteiger partial charge in [0.1, 0.15) is 23.4 Å². The highest BCUT2D eigenvalue weighted by Crippen LogP contribution is 2.32. The molecule has 254 valence electrons. The number of carbonyl (C=O) groups is 1. The van der Waals surface area contributed by atoms with E-state index in [4.69, 9.17) is 9.47 Å². The van der Waals surface area contributed by atoms with Crippen LogP contribution < -0.4 is 24.6 Å². The molecule has 0 bridgehead atoms. The largest absolute Gasteiger partial charge is 0.495 e. The molecule has 1 N–H and O–H groups in total. The van der Waals surface area contributed by atoms with Crippen LogP contribution in [0.4, 0.5) is 24.7 Å². The number of alkyl halides is 3. The number of amides is 1. The Kier molecular flexibility index (Phi) is 12.3. The fourth-order valence-electron chi connectivity index (χ4n) is 5.76. The maximum absolute atomic E-state index is 13.5. The second-order valence-electron chi connectivity index (χ2n) is 11.6. The minimum Gasteiger partial charge on any atom is -0.495 e. The number of piperazine rings is 1. The average molecular weight is 662 g/mol. The van der Waals surface area contributed by atoms with Gasteiger partial charge in [0.05, 0.1) is 18.4 Å². The maximum atomic E-state index is 13.5. The van der Waals surface area contributed by atoms with Gasteiger partial charge in [-0.05, 0) is 60.6 Å². The summed E-state index contributed by atoms with van der Waals surface area (Å²) < 4.78 is 50.7. The highest BCUT2D eigenvalue weighted by atomic mass is 19.4. The van der Waals surface area contributed by atoms with E-state index in [9.17, 15) is 18.0 Å². The predicted molar refractivity (Wildman–Crippen MR) is 182 cm³/mol. The van der Waals surface area contributed by atoms with Crippen LogP contribution in [-0.4, -0.2) is 75.3 Å².